The minimum Gasteiger partial charge on any atom is -0.425 e. The van der Waals surface area contributed by atoms with Crippen molar-refractivity contribution in [2.45, 2.75) is 6.92 Å². The number of ether oxygens (including phenoxy) is 1. The van der Waals surface area contributed by atoms with Gasteiger partial charge in [0.15, 0.2) is 0 Å². The van der Waals surface area contributed by atoms with Crippen LogP contribution < -0.4 is 10.5 Å². The molecule has 18 heavy (non-hydrogen) atoms. The molecule has 0 unspecified atom stereocenters. The number of nitrogens with zero attached hydrogens (tertiary/aromatic N) is 3. The molecular weight excluding hydrogens is 256 g/mol. The Balaban J connectivity index is 2.29. The van der Waals surface area contributed by atoms with E-state index in [0.29, 0.717) is 5.75 Å². The minimum absolute atomic E-state index is 0.133. The number of hydrogen-bond acceptors (Lipinski definition) is 5. The van der Waals surface area contributed by atoms with Gasteiger partial charge in [-0.25, -0.2) is 0 Å². The fourth-order valence-corrected chi connectivity index (χ4v) is 2.01. The zero-order valence-corrected chi connectivity index (χ0v) is 10.7. The largest absolute Gasteiger partial charge is 0.425 e. The lowest BCUT2D eigenvalue weighted by Gasteiger charge is -2.21. The van der Waals surface area contributed by atoms with Gasteiger partial charge in [-0.1, -0.05) is 22.1 Å². The van der Waals surface area contributed by atoms with Crippen LogP contribution in [0.3, 0.4) is 0 Å². The van der Waals surface area contributed by atoms with Crippen molar-refractivity contribution in [3.8, 4) is 5.75 Å². The standard InChI is InChI=1S/C10H12N4O3S/c1-7-3-5-8(6-4-7)17-10-13-18(15,16)12-9(11)14(10)2/h3-6H,1-2H3,(H2,11,12). The van der Waals surface area contributed by atoms with E-state index in [2.05, 4.69) is 8.80 Å². The smallest absolute Gasteiger partial charge is 0.370 e. The first-order valence-electron chi connectivity index (χ1n) is 5.06. The van der Waals surface area contributed by atoms with E-state index < -0.39 is 10.2 Å². The maximum Gasteiger partial charge on any atom is 0.370 e. The summed E-state index contributed by atoms with van der Waals surface area (Å²) >= 11 is 0. The van der Waals surface area contributed by atoms with E-state index in [1.54, 1.807) is 12.1 Å². The highest BCUT2D eigenvalue weighted by atomic mass is 32.2. The van der Waals surface area contributed by atoms with E-state index in [4.69, 9.17) is 10.5 Å². The highest BCUT2D eigenvalue weighted by Crippen LogP contribution is 2.15. The second-order valence-corrected chi connectivity index (χ2v) is 5.01. The van der Waals surface area contributed by atoms with Crippen LogP contribution >= 0.6 is 0 Å². The first-order chi connectivity index (χ1) is 8.37. The topological polar surface area (TPSA) is 97.3 Å². The Bertz CT molecular complexity index is 619. The van der Waals surface area contributed by atoms with Crippen LogP contribution in [-0.4, -0.2) is 32.3 Å². The van der Waals surface area contributed by atoms with Gasteiger partial charge >= 0.3 is 16.2 Å². The first kappa shape index (κ1) is 12.4. The summed E-state index contributed by atoms with van der Waals surface area (Å²) in [5.41, 5.74) is 6.52. The summed E-state index contributed by atoms with van der Waals surface area (Å²) in [6, 6.07) is 6.96. The Morgan fingerprint density at radius 1 is 1.22 bits per heavy atom. The van der Waals surface area contributed by atoms with Gasteiger partial charge in [-0.15, -0.1) is 4.40 Å². The molecule has 2 N–H and O–H groups in total. The molecule has 0 saturated carbocycles. The molecule has 0 amide bonds. The Labute approximate surface area is 105 Å². The molecule has 1 heterocycles. The first-order valence-corrected chi connectivity index (χ1v) is 6.46. The molecule has 96 valence electrons. The summed E-state index contributed by atoms with van der Waals surface area (Å²) in [6.45, 7) is 1.93. The Hall–Kier alpha value is -2.09. The number of benzene rings is 1. The Morgan fingerprint density at radius 2 is 1.83 bits per heavy atom. The van der Waals surface area contributed by atoms with Crippen molar-refractivity contribution in [2.24, 2.45) is 14.5 Å². The van der Waals surface area contributed by atoms with Crippen LogP contribution in [0.2, 0.25) is 0 Å². The fraction of sp³-hybridized carbons (Fsp3) is 0.200. The van der Waals surface area contributed by atoms with Gasteiger partial charge in [0.25, 0.3) is 0 Å². The summed E-state index contributed by atoms with van der Waals surface area (Å²) in [4.78, 5) is 1.25. The molecule has 0 spiro atoms. The lowest BCUT2D eigenvalue weighted by molar-refractivity contribution is 0.465. The van der Waals surface area contributed by atoms with Gasteiger partial charge in [0.05, 0.1) is 0 Å². The molecule has 1 aromatic rings. The summed E-state index contributed by atoms with van der Waals surface area (Å²) in [5, 5.41) is 0. The molecule has 1 aliphatic rings. The number of aryl methyl sites for hydroxylation is 1. The van der Waals surface area contributed by atoms with E-state index in [1.807, 2.05) is 19.1 Å². The van der Waals surface area contributed by atoms with Crippen LogP contribution in [0.4, 0.5) is 0 Å². The number of hydrogen-bond donors (Lipinski definition) is 1. The fourth-order valence-electron chi connectivity index (χ4n) is 1.26. The molecule has 1 aliphatic heterocycles. The summed E-state index contributed by atoms with van der Waals surface area (Å²) in [5.74, 6) is 0.281. The SMILES string of the molecule is Cc1ccc(OC2=NS(=O)(=O)N=C(N)N2C)cc1. The van der Waals surface area contributed by atoms with Crippen molar-refractivity contribution in [2.75, 3.05) is 7.05 Å². The zero-order valence-electron chi connectivity index (χ0n) is 9.86. The molecule has 8 heteroatoms. The van der Waals surface area contributed by atoms with Crippen molar-refractivity contribution in [1.29, 1.82) is 0 Å². The highest BCUT2D eigenvalue weighted by Gasteiger charge is 2.24. The minimum atomic E-state index is -3.96. The molecule has 0 bridgehead atoms. The van der Waals surface area contributed by atoms with Gasteiger partial charge in [-0.3, -0.25) is 4.90 Å². The monoisotopic (exact) mass is 268 g/mol. The maximum absolute atomic E-state index is 11.3. The highest BCUT2D eigenvalue weighted by molar-refractivity contribution is 7.89. The molecule has 2 rings (SSSR count). The quantitative estimate of drug-likeness (QED) is 0.786. The van der Waals surface area contributed by atoms with Crippen LogP contribution in [0.15, 0.2) is 33.1 Å². The number of nitrogens with two attached hydrogens (primary N) is 1. The van der Waals surface area contributed by atoms with Crippen molar-refractivity contribution >= 4 is 22.2 Å². The van der Waals surface area contributed by atoms with E-state index >= 15 is 0 Å². The third-order valence-corrected chi connectivity index (χ3v) is 3.07. The maximum atomic E-state index is 11.3. The second-order valence-electron chi connectivity index (χ2n) is 3.75. The van der Waals surface area contributed by atoms with E-state index in [1.165, 1.54) is 11.9 Å². The predicted octanol–water partition coefficient (Wildman–Crippen LogP) is 0.235. The van der Waals surface area contributed by atoms with Crippen LogP contribution in [0.25, 0.3) is 0 Å². The second kappa shape index (κ2) is 4.30. The predicted molar refractivity (Wildman–Crippen MR) is 67.5 cm³/mol. The van der Waals surface area contributed by atoms with Crippen molar-refractivity contribution in [1.82, 2.24) is 4.90 Å². The lowest BCUT2D eigenvalue weighted by atomic mass is 10.2. The van der Waals surface area contributed by atoms with Crippen LogP contribution in [0, 0.1) is 6.92 Å². The van der Waals surface area contributed by atoms with Gasteiger partial charge in [-0.05, 0) is 19.1 Å². The van der Waals surface area contributed by atoms with E-state index in [-0.39, 0.29) is 12.0 Å². The molecule has 1 aromatic carbocycles. The van der Waals surface area contributed by atoms with Gasteiger partial charge in [0.1, 0.15) is 5.75 Å². The molecule has 0 saturated heterocycles. The third-order valence-electron chi connectivity index (χ3n) is 2.26. The Kier molecular flexibility index (Phi) is 2.95. The van der Waals surface area contributed by atoms with Gasteiger partial charge in [0, 0.05) is 7.05 Å². The van der Waals surface area contributed by atoms with E-state index in [0.717, 1.165) is 5.56 Å². The average molecular weight is 268 g/mol. The molecule has 7 nitrogen and oxygen atoms in total. The van der Waals surface area contributed by atoms with Gasteiger partial charge < -0.3 is 10.5 Å². The zero-order chi connectivity index (χ0) is 13.3. The van der Waals surface area contributed by atoms with Crippen LogP contribution in [-0.2, 0) is 10.2 Å². The average Bonchev–Trinajstić information content (AvgIpc) is 2.27. The van der Waals surface area contributed by atoms with Crippen LogP contribution in [0.1, 0.15) is 5.56 Å². The number of rotatable bonds is 1. The van der Waals surface area contributed by atoms with Crippen LogP contribution in [0.5, 0.6) is 5.75 Å². The molecule has 0 atom stereocenters. The number of amidine groups is 1. The summed E-state index contributed by atoms with van der Waals surface area (Å²) in [7, 11) is -2.44. The lowest BCUT2D eigenvalue weighted by Crippen LogP contribution is -2.44. The normalized spacial score (nSPS) is 18.0. The van der Waals surface area contributed by atoms with Crippen molar-refractivity contribution < 1.29 is 13.2 Å². The van der Waals surface area contributed by atoms with Crippen molar-refractivity contribution in [3.05, 3.63) is 29.8 Å². The summed E-state index contributed by atoms with van der Waals surface area (Å²) < 4.78 is 34.6. The third kappa shape index (κ3) is 2.59. The number of guanidine groups is 1. The van der Waals surface area contributed by atoms with Crippen molar-refractivity contribution in [3.63, 3.8) is 0 Å². The van der Waals surface area contributed by atoms with Gasteiger partial charge in [0.2, 0.25) is 5.96 Å². The molecule has 0 aromatic heterocycles. The summed E-state index contributed by atoms with van der Waals surface area (Å²) in [6.07, 6.45) is 0. The molecule has 0 aliphatic carbocycles. The molecule has 0 fully saturated rings. The molecule has 0 radical (unpaired) electrons. The molecular formula is C10H12N4O3S. The van der Waals surface area contributed by atoms with Gasteiger partial charge in [-0.2, -0.15) is 8.42 Å². The Morgan fingerprint density at radius 3 is 2.44 bits per heavy atom. The van der Waals surface area contributed by atoms with E-state index in [9.17, 15) is 8.42 Å².